The number of nitrogens with zero attached hydrogens (tertiary/aromatic N) is 3. The second-order valence-corrected chi connectivity index (χ2v) is 17.3. The molecule has 0 bridgehead atoms. The third-order valence-electron chi connectivity index (χ3n) is 12.3. The van der Waals surface area contributed by atoms with Crippen LogP contribution >= 0.6 is 0 Å². The summed E-state index contributed by atoms with van der Waals surface area (Å²) in [6.07, 6.45) is 2.66. The van der Waals surface area contributed by atoms with Gasteiger partial charge in [0, 0.05) is 40.8 Å². The van der Waals surface area contributed by atoms with Crippen molar-refractivity contribution in [1.82, 2.24) is 25.3 Å². The predicted molar refractivity (Wildman–Crippen MR) is 240 cm³/mol. The van der Waals surface area contributed by atoms with E-state index in [2.05, 4.69) is 10.6 Å². The van der Waals surface area contributed by atoms with Crippen molar-refractivity contribution >= 4 is 29.6 Å². The van der Waals surface area contributed by atoms with Crippen LogP contribution in [0.25, 0.3) is 0 Å². The molecule has 1 heterocycles. The zero-order chi connectivity index (χ0) is 46.3. The van der Waals surface area contributed by atoms with Crippen molar-refractivity contribution in [2.45, 2.75) is 123 Å². The molecule has 1 fully saturated rings. The topological polar surface area (TPSA) is 167 Å². The second kappa shape index (κ2) is 24.7. The smallest absolute Gasteiger partial charge is 0.328 e. The maximum absolute atomic E-state index is 14.5. The molecule has 8 atom stereocenters. The fraction of sp³-hybridized carbons (Fsp3) is 0.604. The highest BCUT2D eigenvalue weighted by molar-refractivity contribution is 5.90. The summed E-state index contributed by atoms with van der Waals surface area (Å²) >= 11 is 0. The molecule has 3 N–H and O–H groups in total. The first-order valence-electron chi connectivity index (χ1n) is 21.9. The van der Waals surface area contributed by atoms with Crippen molar-refractivity contribution in [3.05, 3.63) is 77.4 Å². The largest absolute Gasteiger partial charge is 0.508 e. The molecule has 2 aromatic rings. The van der Waals surface area contributed by atoms with Crippen molar-refractivity contribution in [3.8, 4) is 5.75 Å². The van der Waals surface area contributed by atoms with E-state index in [1.807, 2.05) is 102 Å². The van der Waals surface area contributed by atoms with E-state index in [0.717, 1.165) is 16.7 Å². The Morgan fingerprint density at radius 1 is 0.855 bits per heavy atom. The summed E-state index contributed by atoms with van der Waals surface area (Å²) in [6.45, 7) is 14.3. The first-order chi connectivity index (χ1) is 29.4. The minimum atomic E-state index is -0.908. The molecular formula is C48H73N5O9. The first-order valence-corrected chi connectivity index (χ1v) is 21.9. The predicted octanol–water partition coefficient (Wildman–Crippen LogP) is 4.77. The minimum Gasteiger partial charge on any atom is -0.508 e. The molecule has 2 aromatic carbocycles. The number of benzene rings is 2. The molecule has 4 amide bonds. The fourth-order valence-electron chi connectivity index (χ4n) is 8.64. The summed E-state index contributed by atoms with van der Waals surface area (Å²) in [5, 5.41) is 15.6. The molecule has 1 aliphatic rings. The molecule has 0 radical (unpaired) electrons. The molecule has 14 nitrogen and oxygen atoms in total. The SMILES string of the molecule is C/C=C(/C)[C@@H]([C@@H](CC(=O)N1CCC[C@H]1[C@H](OC)[C@@H](C)C(=O)N[C@@H](Cc1ccccc1)C(=O)OC)OC)N(C)C(=O)[C@@H](NC(=O)[C@H](C(C)C)N(C)CCc1ccc(O)cc1)C(C)C. The highest BCUT2D eigenvalue weighted by Crippen LogP contribution is 2.29. The van der Waals surface area contributed by atoms with Gasteiger partial charge in [0.2, 0.25) is 23.6 Å². The van der Waals surface area contributed by atoms with Gasteiger partial charge in [-0.1, -0.05) is 88.7 Å². The van der Waals surface area contributed by atoms with Crippen LogP contribution < -0.4 is 10.6 Å². The number of phenols is 1. The normalized spacial score (nSPS) is 17.8. The number of phenolic OH excluding ortho intramolecular Hbond substituents is 1. The standard InChI is InChI=1S/C48H73N5O9/c1-13-32(6)43(52(9)47(58)41(30(2)3)50-46(57)42(31(4)5)51(8)27-25-34-21-23-36(54)24-22-34)39(60-10)29-40(55)53-26-17-20-38(53)44(61-11)33(7)45(56)49-37(48(59)62-12)28-35-18-15-14-16-19-35/h13-16,18-19,21-24,30-31,33,37-39,41-44,54H,17,20,25-29H2,1-12H3,(H,49,56)(H,50,57)/b32-13-/t33-,37+,38+,39-,41+,42+,43+,44-/m1/s1. The van der Waals surface area contributed by atoms with Crippen molar-refractivity contribution in [2.24, 2.45) is 17.8 Å². The van der Waals surface area contributed by atoms with Gasteiger partial charge in [0.25, 0.3) is 0 Å². The quantitative estimate of drug-likeness (QED) is 0.105. The summed E-state index contributed by atoms with van der Waals surface area (Å²) < 4.78 is 17.0. The molecule has 0 unspecified atom stereocenters. The average molecular weight is 864 g/mol. The number of likely N-dealkylation sites (N-methyl/N-ethyl adjacent to an activating group) is 2. The van der Waals surface area contributed by atoms with Crippen LogP contribution in [-0.2, 0) is 51.0 Å². The second-order valence-electron chi connectivity index (χ2n) is 17.3. The summed E-state index contributed by atoms with van der Waals surface area (Å²) in [5.41, 5.74) is 2.72. The van der Waals surface area contributed by atoms with Crippen LogP contribution in [0.2, 0.25) is 0 Å². The van der Waals surface area contributed by atoms with Gasteiger partial charge in [0.05, 0.1) is 49.8 Å². The molecule has 344 valence electrons. The molecule has 14 heteroatoms. The molecule has 0 spiro atoms. The van der Waals surface area contributed by atoms with Crippen molar-refractivity contribution < 1.29 is 43.3 Å². The number of amides is 4. The van der Waals surface area contributed by atoms with E-state index in [-0.39, 0.29) is 48.1 Å². The Morgan fingerprint density at radius 3 is 2.05 bits per heavy atom. The number of ether oxygens (including phenoxy) is 3. The lowest BCUT2D eigenvalue weighted by Crippen LogP contribution is -2.59. The van der Waals surface area contributed by atoms with Crippen molar-refractivity contribution in [3.63, 3.8) is 0 Å². The van der Waals surface area contributed by atoms with Gasteiger partial charge in [0.15, 0.2) is 0 Å². The number of likely N-dealkylation sites (tertiary alicyclic amines) is 1. The zero-order valence-electron chi connectivity index (χ0n) is 39.1. The molecule has 0 aliphatic carbocycles. The van der Waals surface area contributed by atoms with E-state index in [0.29, 0.717) is 32.4 Å². The summed E-state index contributed by atoms with van der Waals surface area (Å²) in [7, 11) is 7.91. The number of aromatic hydroxyl groups is 1. The number of esters is 1. The molecule has 62 heavy (non-hydrogen) atoms. The lowest BCUT2D eigenvalue weighted by atomic mass is 9.93. The Kier molecular flexibility index (Phi) is 20.6. The van der Waals surface area contributed by atoms with E-state index >= 15 is 0 Å². The third kappa shape index (κ3) is 13.9. The van der Waals surface area contributed by atoms with Crippen LogP contribution in [0.15, 0.2) is 66.2 Å². The Labute approximate surface area is 369 Å². The number of methoxy groups -OCH3 is 3. The maximum Gasteiger partial charge on any atom is 0.328 e. The number of carbonyl (C=O) groups excluding carboxylic acids is 5. The average Bonchev–Trinajstić information content (AvgIpc) is 3.74. The van der Waals surface area contributed by atoms with Crippen LogP contribution in [0.3, 0.4) is 0 Å². The Balaban J connectivity index is 1.77. The Morgan fingerprint density at radius 2 is 1.50 bits per heavy atom. The molecule has 1 aliphatic heterocycles. The number of carbonyl (C=O) groups is 5. The van der Waals surface area contributed by atoms with E-state index in [1.165, 1.54) is 21.3 Å². The number of hydrogen-bond acceptors (Lipinski definition) is 10. The van der Waals surface area contributed by atoms with Gasteiger partial charge in [0.1, 0.15) is 17.8 Å². The summed E-state index contributed by atoms with van der Waals surface area (Å²) in [5.74, 6) is -2.55. The van der Waals surface area contributed by atoms with E-state index < -0.39 is 60.2 Å². The first kappa shape index (κ1) is 51.6. The van der Waals surface area contributed by atoms with Gasteiger partial charge >= 0.3 is 5.97 Å². The molecular weight excluding hydrogens is 791 g/mol. The van der Waals surface area contributed by atoms with E-state index in [4.69, 9.17) is 14.2 Å². The molecule has 0 aromatic heterocycles. The van der Waals surface area contributed by atoms with Gasteiger partial charge in [-0.3, -0.25) is 24.1 Å². The Hall–Kier alpha value is -4.79. The molecule has 1 saturated heterocycles. The van der Waals surface area contributed by atoms with Crippen molar-refractivity contribution in [1.29, 1.82) is 0 Å². The third-order valence-corrected chi connectivity index (χ3v) is 12.3. The molecule has 3 rings (SSSR count). The maximum atomic E-state index is 14.5. The van der Waals surface area contributed by atoms with E-state index in [9.17, 15) is 29.1 Å². The lowest BCUT2D eigenvalue weighted by molar-refractivity contribution is -0.147. The fourth-order valence-corrected chi connectivity index (χ4v) is 8.64. The van der Waals surface area contributed by atoms with E-state index in [1.54, 1.807) is 35.9 Å². The van der Waals surface area contributed by atoms with Gasteiger partial charge < -0.3 is 39.8 Å². The van der Waals surface area contributed by atoms with Crippen LogP contribution in [0.4, 0.5) is 0 Å². The summed E-state index contributed by atoms with van der Waals surface area (Å²) in [4.78, 5) is 74.7. The highest BCUT2D eigenvalue weighted by Gasteiger charge is 2.43. The monoisotopic (exact) mass is 864 g/mol. The summed E-state index contributed by atoms with van der Waals surface area (Å²) in [6, 6.07) is 13.0. The number of hydrogen-bond donors (Lipinski definition) is 3. The van der Waals surface area contributed by atoms with Crippen LogP contribution in [0, 0.1) is 17.8 Å². The van der Waals surface area contributed by atoms with Crippen LogP contribution in [0.1, 0.15) is 78.9 Å². The molecule has 0 saturated carbocycles. The van der Waals surface area contributed by atoms with Crippen LogP contribution in [-0.4, -0.2) is 140 Å². The minimum absolute atomic E-state index is 0.0525. The van der Waals surface area contributed by atoms with Crippen molar-refractivity contribution in [2.75, 3.05) is 48.5 Å². The lowest BCUT2D eigenvalue weighted by Gasteiger charge is -2.39. The van der Waals surface area contributed by atoms with Gasteiger partial charge in [-0.15, -0.1) is 0 Å². The Bertz CT molecular complexity index is 1790. The number of rotatable bonds is 23. The number of allylic oxidation sites excluding steroid dienone is 1. The van der Waals surface area contributed by atoms with Gasteiger partial charge in [-0.2, -0.15) is 0 Å². The zero-order valence-corrected chi connectivity index (χ0v) is 39.1. The highest BCUT2D eigenvalue weighted by atomic mass is 16.5. The number of nitrogens with one attached hydrogen (secondary N) is 2. The van der Waals surface area contributed by atoms with Gasteiger partial charge in [-0.05, 0) is 75.3 Å². The van der Waals surface area contributed by atoms with Gasteiger partial charge in [-0.25, -0.2) is 4.79 Å². The van der Waals surface area contributed by atoms with Crippen LogP contribution in [0.5, 0.6) is 5.75 Å².